The second-order valence-corrected chi connectivity index (χ2v) is 10.3. The SMILES string of the molecule is CC1(C)CC1C(Br)C(Br)(Br)c1ccc(Cl)cc1. The molecule has 1 aliphatic rings. The molecule has 2 rings (SSSR count). The molecule has 1 aromatic rings. The smallest absolute Gasteiger partial charge is 0.0859 e. The van der Waals surface area contributed by atoms with Gasteiger partial charge in [0.2, 0.25) is 0 Å². The number of halogens is 4. The predicted molar refractivity (Wildman–Crippen MR) is 85.6 cm³/mol. The summed E-state index contributed by atoms with van der Waals surface area (Å²) in [6.45, 7) is 4.62. The Morgan fingerprint density at radius 2 is 1.76 bits per heavy atom. The zero-order valence-corrected chi connectivity index (χ0v) is 15.2. The summed E-state index contributed by atoms with van der Waals surface area (Å²) >= 11 is 17.3. The van der Waals surface area contributed by atoms with E-state index in [1.165, 1.54) is 12.0 Å². The first kappa shape index (κ1) is 14.4. The molecule has 0 amide bonds. The van der Waals surface area contributed by atoms with E-state index in [0.29, 0.717) is 16.2 Å². The summed E-state index contributed by atoms with van der Waals surface area (Å²) in [6.07, 6.45) is 1.26. The fraction of sp³-hybridized carbons (Fsp3) is 0.538. The van der Waals surface area contributed by atoms with Gasteiger partial charge < -0.3 is 0 Å². The number of rotatable bonds is 3. The number of hydrogen-bond donors (Lipinski definition) is 0. The molecule has 0 saturated heterocycles. The minimum absolute atomic E-state index is 0.233. The molecule has 0 aliphatic heterocycles. The third-order valence-corrected chi connectivity index (χ3v) is 8.23. The predicted octanol–water partition coefficient (Wildman–Crippen LogP) is 6.09. The molecule has 1 fully saturated rings. The first-order valence-electron chi connectivity index (χ1n) is 5.53. The van der Waals surface area contributed by atoms with Gasteiger partial charge in [-0.2, -0.15) is 0 Å². The van der Waals surface area contributed by atoms with Gasteiger partial charge in [0.25, 0.3) is 0 Å². The van der Waals surface area contributed by atoms with Gasteiger partial charge in [0.05, 0.1) is 0 Å². The minimum Gasteiger partial charge on any atom is -0.0859 e. The Balaban J connectivity index is 2.21. The second-order valence-electron chi connectivity index (χ2n) is 5.33. The standard InChI is InChI=1S/C13H14Br3Cl/c1-12(2)7-10(12)11(14)13(15,16)8-3-5-9(17)6-4-8/h3-6,10-11H,7H2,1-2H3. The highest BCUT2D eigenvalue weighted by atomic mass is 79.9. The van der Waals surface area contributed by atoms with Crippen LogP contribution in [0.3, 0.4) is 0 Å². The molecule has 17 heavy (non-hydrogen) atoms. The molecule has 0 bridgehead atoms. The molecule has 1 aromatic carbocycles. The molecule has 94 valence electrons. The zero-order chi connectivity index (χ0) is 12.8. The maximum atomic E-state index is 5.92. The van der Waals surface area contributed by atoms with Crippen molar-refractivity contribution >= 4 is 59.4 Å². The van der Waals surface area contributed by atoms with Gasteiger partial charge in [-0.05, 0) is 35.4 Å². The van der Waals surface area contributed by atoms with Crippen molar-refractivity contribution in [3.8, 4) is 0 Å². The van der Waals surface area contributed by atoms with Crippen LogP contribution in [0.4, 0.5) is 0 Å². The first-order valence-corrected chi connectivity index (χ1v) is 8.41. The Morgan fingerprint density at radius 1 is 1.29 bits per heavy atom. The van der Waals surface area contributed by atoms with E-state index >= 15 is 0 Å². The largest absolute Gasteiger partial charge is 0.118 e. The van der Waals surface area contributed by atoms with Crippen molar-refractivity contribution in [3.05, 3.63) is 34.9 Å². The summed E-state index contributed by atoms with van der Waals surface area (Å²) in [7, 11) is 0. The van der Waals surface area contributed by atoms with Crippen LogP contribution in [0, 0.1) is 11.3 Å². The van der Waals surface area contributed by atoms with Crippen LogP contribution in [0.15, 0.2) is 24.3 Å². The first-order chi connectivity index (χ1) is 7.75. The quantitative estimate of drug-likeness (QED) is 0.494. The highest BCUT2D eigenvalue weighted by Crippen LogP contribution is 2.62. The molecule has 0 nitrogen and oxygen atoms in total. The molecule has 0 N–H and O–H groups in total. The monoisotopic (exact) mass is 442 g/mol. The summed E-state index contributed by atoms with van der Waals surface area (Å²) < 4.78 is -0.233. The van der Waals surface area contributed by atoms with E-state index in [9.17, 15) is 0 Å². The van der Waals surface area contributed by atoms with Crippen LogP contribution in [0.5, 0.6) is 0 Å². The Kier molecular flexibility index (Phi) is 4.06. The normalized spacial score (nSPS) is 24.5. The number of benzene rings is 1. The minimum atomic E-state index is -0.233. The van der Waals surface area contributed by atoms with Crippen LogP contribution in [0.1, 0.15) is 25.8 Å². The lowest BCUT2D eigenvalue weighted by molar-refractivity contribution is 0.538. The van der Waals surface area contributed by atoms with Gasteiger partial charge in [-0.3, -0.25) is 0 Å². The van der Waals surface area contributed by atoms with Gasteiger partial charge in [-0.15, -0.1) is 0 Å². The van der Waals surface area contributed by atoms with E-state index < -0.39 is 0 Å². The van der Waals surface area contributed by atoms with Gasteiger partial charge >= 0.3 is 0 Å². The van der Waals surface area contributed by atoms with E-state index in [0.717, 1.165) is 5.02 Å². The Labute approximate surface area is 133 Å². The van der Waals surface area contributed by atoms with Gasteiger partial charge in [0, 0.05) is 9.85 Å². The maximum Gasteiger partial charge on any atom is 0.118 e. The van der Waals surface area contributed by atoms with Gasteiger partial charge in [0.1, 0.15) is 3.23 Å². The number of alkyl halides is 3. The number of hydrogen-bond acceptors (Lipinski definition) is 0. The Hall–Kier alpha value is 0.950. The summed E-state index contributed by atoms with van der Waals surface area (Å²) in [4.78, 5) is 0.353. The van der Waals surface area contributed by atoms with Gasteiger partial charge in [0.15, 0.2) is 0 Å². The van der Waals surface area contributed by atoms with Gasteiger partial charge in [-0.1, -0.05) is 85.4 Å². The third-order valence-electron chi connectivity index (χ3n) is 3.52. The molecule has 1 aliphatic carbocycles. The van der Waals surface area contributed by atoms with Crippen molar-refractivity contribution < 1.29 is 0 Å². The fourth-order valence-electron chi connectivity index (χ4n) is 2.09. The third kappa shape index (κ3) is 2.93. The molecular formula is C13H14Br3Cl. The lowest BCUT2D eigenvalue weighted by atomic mass is 10.0. The van der Waals surface area contributed by atoms with Crippen LogP contribution in [0.2, 0.25) is 5.02 Å². The molecule has 0 heterocycles. The molecule has 0 radical (unpaired) electrons. The van der Waals surface area contributed by atoms with Crippen LogP contribution < -0.4 is 0 Å². The van der Waals surface area contributed by atoms with Crippen molar-refractivity contribution in [2.45, 2.75) is 28.3 Å². The molecule has 2 atom stereocenters. The lowest BCUT2D eigenvalue weighted by Crippen LogP contribution is -2.26. The fourth-order valence-corrected chi connectivity index (χ4v) is 4.55. The summed E-state index contributed by atoms with van der Waals surface area (Å²) in [5, 5.41) is 0.766. The zero-order valence-electron chi connectivity index (χ0n) is 9.68. The maximum absolute atomic E-state index is 5.92. The molecule has 0 spiro atoms. The Bertz CT molecular complexity index is 411. The van der Waals surface area contributed by atoms with E-state index in [4.69, 9.17) is 11.6 Å². The molecule has 2 unspecified atom stereocenters. The van der Waals surface area contributed by atoms with E-state index in [2.05, 4.69) is 73.8 Å². The average molecular weight is 445 g/mol. The van der Waals surface area contributed by atoms with Gasteiger partial charge in [-0.25, -0.2) is 0 Å². The summed E-state index contributed by atoms with van der Waals surface area (Å²) in [6, 6.07) is 7.95. The average Bonchev–Trinajstić information content (AvgIpc) is 2.87. The summed E-state index contributed by atoms with van der Waals surface area (Å²) in [5.41, 5.74) is 1.62. The van der Waals surface area contributed by atoms with Crippen molar-refractivity contribution in [2.75, 3.05) is 0 Å². The molecule has 4 heteroatoms. The van der Waals surface area contributed by atoms with Crippen LogP contribution in [-0.4, -0.2) is 4.83 Å². The van der Waals surface area contributed by atoms with E-state index in [-0.39, 0.29) is 3.23 Å². The topological polar surface area (TPSA) is 0 Å². The molecular weight excluding hydrogens is 431 g/mol. The molecule has 1 saturated carbocycles. The van der Waals surface area contributed by atoms with Crippen LogP contribution in [0.25, 0.3) is 0 Å². The summed E-state index contributed by atoms with van der Waals surface area (Å²) in [5.74, 6) is 0.678. The van der Waals surface area contributed by atoms with E-state index in [1.807, 2.05) is 12.1 Å². The van der Waals surface area contributed by atoms with Crippen LogP contribution >= 0.6 is 59.4 Å². The van der Waals surface area contributed by atoms with Crippen molar-refractivity contribution in [1.82, 2.24) is 0 Å². The van der Waals surface area contributed by atoms with Crippen LogP contribution in [-0.2, 0) is 3.23 Å². The van der Waals surface area contributed by atoms with Crippen molar-refractivity contribution in [1.29, 1.82) is 0 Å². The molecule has 0 aromatic heterocycles. The second kappa shape index (κ2) is 4.81. The van der Waals surface area contributed by atoms with Crippen molar-refractivity contribution in [3.63, 3.8) is 0 Å². The highest BCUT2D eigenvalue weighted by molar-refractivity contribution is 9.25. The van der Waals surface area contributed by atoms with E-state index in [1.54, 1.807) is 0 Å². The highest BCUT2D eigenvalue weighted by Gasteiger charge is 2.55. The Morgan fingerprint density at radius 3 is 2.18 bits per heavy atom. The van der Waals surface area contributed by atoms with Crippen molar-refractivity contribution in [2.24, 2.45) is 11.3 Å². The lowest BCUT2D eigenvalue weighted by Gasteiger charge is -2.28.